The molecule has 6 aromatic rings. The fourth-order valence-electron chi connectivity index (χ4n) is 8.14. The van der Waals surface area contributed by atoms with Gasteiger partial charge in [0.05, 0.1) is 5.52 Å². The van der Waals surface area contributed by atoms with Crippen LogP contribution in [0, 0.1) is 0 Å². The Kier molecular flexibility index (Phi) is 4.17. The Morgan fingerprint density at radius 2 is 1.62 bits per heavy atom. The molecule has 0 radical (unpaired) electrons. The number of benzene rings is 4. The smallest absolute Gasteiger partial charge is 0.290 e. The van der Waals surface area contributed by atoms with Crippen molar-refractivity contribution in [3.8, 4) is 11.3 Å². The third-order valence-corrected chi connectivity index (χ3v) is 10.3. The van der Waals surface area contributed by atoms with Gasteiger partial charge in [-0.3, -0.25) is 0 Å². The van der Waals surface area contributed by atoms with E-state index in [1.165, 1.54) is 38.0 Å². The molecule has 194 valence electrons. The highest BCUT2D eigenvalue weighted by Crippen LogP contribution is 2.72. The first-order chi connectivity index (χ1) is 18.7. The highest BCUT2D eigenvalue weighted by atomic mass is 16.6. The van der Waals surface area contributed by atoms with Crippen molar-refractivity contribution in [2.75, 3.05) is 7.11 Å². The van der Waals surface area contributed by atoms with Crippen molar-refractivity contribution in [3.05, 3.63) is 84.2 Å². The van der Waals surface area contributed by atoms with Crippen LogP contribution in [0.1, 0.15) is 44.7 Å². The quantitative estimate of drug-likeness (QED) is 0.214. The van der Waals surface area contributed by atoms with E-state index in [4.69, 9.17) is 9.72 Å². The summed E-state index contributed by atoms with van der Waals surface area (Å²) in [6.45, 7) is 8.77. The molecule has 2 aliphatic rings. The molecule has 5 heteroatoms. The van der Waals surface area contributed by atoms with Gasteiger partial charge >= 0.3 is 0 Å². The van der Waals surface area contributed by atoms with Crippen LogP contribution in [0.4, 0.5) is 0 Å². The highest BCUT2D eigenvalue weighted by molar-refractivity contribution is 6.20. The Morgan fingerprint density at radius 1 is 0.923 bits per heavy atom. The van der Waals surface area contributed by atoms with Crippen LogP contribution < -0.4 is 4.57 Å². The topological polar surface area (TPSA) is 51.2 Å². The number of methoxy groups -OCH3 is 1. The van der Waals surface area contributed by atoms with Gasteiger partial charge in [-0.1, -0.05) is 74.5 Å². The molecule has 3 heterocycles. The summed E-state index contributed by atoms with van der Waals surface area (Å²) < 4.78 is 10.4. The minimum Gasteiger partial charge on any atom is -0.361 e. The number of hydrogen-bond acceptors (Lipinski definition) is 3. The summed E-state index contributed by atoms with van der Waals surface area (Å²) in [4.78, 5) is 5.04. The van der Waals surface area contributed by atoms with Crippen LogP contribution in [0.25, 0.3) is 54.7 Å². The summed E-state index contributed by atoms with van der Waals surface area (Å²) in [5.41, 5.74) is 5.41. The molecular weight excluding hydrogens is 482 g/mol. The zero-order chi connectivity index (χ0) is 27.1. The molecule has 3 unspecified atom stereocenters. The zero-order valence-electron chi connectivity index (χ0n) is 23.2. The van der Waals surface area contributed by atoms with E-state index in [2.05, 4.69) is 111 Å². The molecule has 1 aliphatic heterocycles. The van der Waals surface area contributed by atoms with Gasteiger partial charge in [-0.25, -0.2) is 4.57 Å². The van der Waals surface area contributed by atoms with E-state index in [0.717, 1.165) is 27.9 Å². The first-order valence-corrected chi connectivity index (χ1v) is 13.8. The van der Waals surface area contributed by atoms with Gasteiger partial charge in [0.2, 0.25) is 5.79 Å². The molecule has 1 fully saturated rings. The predicted molar refractivity (Wildman–Crippen MR) is 156 cm³/mol. The predicted octanol–water partition coefficient (Wildman–Crippen LogP) is 6.45. The second-order valence-corrected chi connectivity index (χ2v) is 12.0. The Bertz CT molecular complexity index is 2060. The van der Waals surface area contributed by atoms with E-state index in [-0.39, 0.29) is 0 Å². The van der Waals surface area contributed by atoms with E-state index in [1.54, 1.807) is 7.11 Å². The first-order valence-electron chi connectivity index (χ1n) is 13.8. The van der Waals surface area contributed by atoms with Crippen molar-refractivity contribution in [1.29, 1.82) is 0 Å². The lowest BCUT2D eigenvalue weighted by atomic mass is 9.78. The van der Waals surface area contributed by atoms with Crippen molar-refractivity contribution in [1.82, 2.24) is 9.55 Å². The molecule has 5 nitrogen and oxygen atoms in total. The lowest BCUT2D eigenvalue weighted by Gasteiger charge is -2.29. The van der Waals surface area contributed by atoms with Gasteiger partial charge in [0, 0.05) is 30.5 Å². The van der Waals surface area contributed by atoms with Gasteiger partial charge in [-0.05, 0) is 58.1 Å². The molecule has 0 bridgehead atoms. The maximum atomic E-state index is 12.2. The molecule has 3 atom stereocenters. The number of aliphatic hydroxyl groups is 1. The molecule has 2 aromatic heterocycles. The van der Waals surface area contributed by atoms with Crippen molar-refractivity contribution >= 4 is 43.5 Å². The summed E-state index contributed by atoms with van der Waals surface area (Å²) >= 11 is 0. The molecule has 1 aliphatic carbocycles. The third-order valence-electron chi connectivity index (χ3n) is 10.3. The average Bonchev–Trinajstić information content (AvgIpc) is 3.18. The fraction of sp³-hybridized carbons (Fsp3) is 0.294. The molecule has 0 amide bonds. The molecule has 1 saturated carbocycles. The maximum Gasteiger partial charge on any atom is 0.290 e. The minimum atomic E-state index is -1.39. The minimum absolute atomic E-state index is 0.337. The van der Waals surface area contributed by atoms with Crippen LogP contribution in [0.2, 0.25) is 0 Å². The number of fused-ring (bicyclic) bond motifs is 14. The van der Waals surface area contributed by atoms with Crippen LogP contribution in [-0.2, 0) is 22.7 Å². The SMILES string of the molecule is COC1(O)C2(C)c3c(cc(C(C)C)c4ccccc34)-c3c4c5ccc6ccccc6c5n(C)c4nc[n+]3C12C. The Balaban J connectivity index is 1.65. The third kappa shape index (κ3) is 2.30. The summed E-state index contributed by atoms with van der Waals surface area (Å²) in [5, 5.41) is 19.3. The Morgan fingerprint density at radius 3 is 2.33 bits per heavy atom. The van der Waals surface area contributed by atoms with Crippen LogP contribution in [-0.4, -0.2) is 27.6 Å². The van der Waals surface area contributed by atoms with Gasteiger partial charge in [0.1, 0.15) is 16.5 Å². The monoisotopic (exact) mass is 514 g/mol. The number of ether oxygens (including phenoxy) is 1. The summed E-state index contributed by atoms with van der Waals surface area (Å²) in [6.07, 6.45) is 1.92. The van der Waals surface area contributed by atoms with Gasteiger partial charge in [-0.15, -0.1) is 0 Å². The molecule has 1 N–H and O–H groups in total. The molecule has 8 rings (SSSR count). The van der Waals surface area contributed by atoms with E-state index in [1.807, 2.05) is 6.33 Å². The van der Waals surface area contributed by atoms with Crippen molar-refractivity contribution in [3.63, 3.8) is 0 Å². The number of aromatic nitrogens is 3. The Hall–Kier alpha value is -3.80. The first kappa shape index (κ1) is 23.1. The lowest BCUT2D eigenvalue weighted by molar-refractivity contribution is -0.743. The van der Waals surface area contributed by atoms with Gasteiger partial charge in [0.25, 0.3) is 12.0 Å². The number of nitrogens with zero attached hydrogens (tertiary/aromatic N) is 3. The summed E-state index contributed by atoms with van der Waals surface area (Å²) in [5.74, 6) is -1.05. The molecule has 0 saturated heterocycles. The standard InChI is InChI=1S/C34H32N3O2/c1-19(2)25-17-26-28(23-14-10-9-13-22(23)25)32(3)33(4,34(32,38)39-6)37-18-35-31-27(30(26)37)24-16-15-20-11-7-8-12-21(20)29(24)36(31)5/h7-19,38H,1-6H3/q+1. The van der Waals surface area contributed by atoms with Crippen molar-refractivity contribution in [2.24, 2.45) is 7.05 Å². The zero-order valence-corrected chi connectivity index (χ0v) is 23.2. The van der Waals surface area contributed by atoms with Gasteiger partial charge in [0.15, 0.2) is 5.54 Å². The number of hydrogen-bond donors (Lipinski definition) is 1. The molecule has 0 spiro atoms. The largest absolute Gasteiger partial charge is 0.361 e. The second-order valence-electron chi connectivity index (χ2n) is 12.0. The van der Waals surface area contributed by atoms with E-state index in [0.29, 0.717) is 5.92 Å². The number of rotatable bonds is 2. The molecule has 39 heavy (non-hydrogen) atoms. The summed E-state index contributed by atoms with van der Waals surface area (Å²) in [7, 11) is 3.73. The normalized spacial score (nSPS) is 25.4. The van der Waals surface area contributed by atoms with Gasteiger partial charge < -0.3 is 14.4 Å². The maximum absolute atomic E-state index is 12.2. The Labute approximate surface area is 227 Å². The van der Waals surface area contributed by atoms with Crippen molar-refractivity contribution < 1.29 is 14.4 Å². The fourth-order valence-corrected chi connectivity index (χ4v) is 8.14. The second kappa shape index (κ2) is 7.04. The highest BCUT2D eigenvalue weighted by Gasteiger charge is 2.91. The van der Waals surface area contributed by atoms with Crippen LogP contribution in [0.15, 0.2) is 73.1 Å². The number of aryl methyl sites for hydroxylation is 1. The molecule has 4 aromatic carbocycles. The van der Waals surface area contributed by atoms with Crippen LogP contribution in [0.5, 0.6) is 0 Å². The molecular formula is C34H32N3O2+. The average molecular weight is 515 g/mol. The lowest BCUT2D eigenvalue weighted by Crippen LogP contribution is -2.55. The van der Waals surface area contributed by atoms with E-state index < -0.39 is 16.7 Å². The van der Waals surface area contributed by atoms with Crippen LogP contribution in [0.3, 0.4) is 0 Å². The van der Waals surface area contributed by atoms with E-state index >= 15 is 0 Å². The van der Waals surface area contributed by atoms with E-state index in [9.17, 15) is 5.11 Å². The summed E-state index contributed by atoms with van der Waals surface area (Å²) in [6, 6.07) is 24.0. The van der Waals surface area contributed by atoms with Gasteiger partial charge in [-0.2, -0.15) is 0 Å². The van der Waals surface area contributed by atoms with Crippen molar-refractivity contribution in [2.45, 2.75) is 50.4 Å². The van der Waals surface area contributed by atoms with Crippen LogP contribution >= 0.6 is 0 Å².